The van der Waals surface area contributed by atoms with Gasteiger partial charge in [0.1, 0.15) is 5.65 Å². The summed E-state index contributed by atoms with van der Waals surface area (Å²) in [5, 5.41) is 1.05. The molecule has 0 N–H and O–H groups in total. The first-order valence-electron chi connectivity index (χ1n) is 5.66. The van der Waals surface area contributed by atoms with Crippen molar-refractivity contribution in [2.24, 2.45) is 7.05 Å². The lowest BCUT2D eigenvalue weighted by atomic mass is 10.1. The molecule has 0 unspecified atom stereocenters. The Kier molecular flexibility index (Phi) is 3.54. The van der Waals surface area contributed by atoms with E-state index < -0.39 is 0 Å². The molecule has 0 atom stereocenters. The second-order valence-corrected chi connectivity index (χ2v) is 4.04. The first-order chi connectivity index (χ1) is 8.24. The van der Waals surface area contributed by atoms with Crippen molar-refractivity contribution in [3.63, 3.8) is 0 Å². The Labute approximate surface area is 99.9 Å². The molecule has 0 radical (unpaired) electrons. The lowest BCUT2D eigenvalue weighted by Gasteiger charge is -2.08. The van der Waals surface area contributed by atoms with Crippen molar-refractivity contribution in [2.75, 3.05) is 13.7 Å². The molecule has 4 nitrogen and oxygen atoms in total. The number of fused-ring (bicyclic) bond motifs is 1. The van der Waals surface area contributed by atoms with Gasteiger partial charge in [-0.05, 0) is 30.5 Å². The smallest absolute Gasteiger partial charge is 0.252 e. The van der Waals surface area contributed by atoms with Crippen LogP contribution in [-0.4, -0.2) is 23.3 Å². The van der Waals surface area contributed by atoms with Crippen LogP contribution in [-0.2, 0) is 18.2 Å². The van der Waals surface area contributed by atoms with Crippen LogP contribution in [0.4, 0.5) is 0 Å². The minimum Gasteiger partial charge on any atom is -0.385 e. The fourth-order valence-electron chi connectivity index (χ4n) is 1.96. The summed E-state index contributed by atoms with van der Waals surface area (Å²) in [5.41, 5.74) is 1.78. The predicted octanol–water partition coefficient (Wildman–Crippen LogP) is 1.51. The fraction of sp³-hybridized carbons (Fsp3) is 0.385. The zero-order valence-corrected chi connectivity index (χ0v) is 10.1. The molecule has 90 valence electrons. The average Bonchev–Trinajstić information content (AvgIpc) is 2.36. The van der Waals surface area contributed by atoms with Crippen molar-refractivity contribution in [1.82, 2.24) is 9.55 Å². The van der Waals surface area contributed by atoms with E-state index in [1.54, 1.807) is 31.0 Å². The molecule has 0 aromatic carbocycles. The normalized spacial score (nSPS) is 10.9. The molecule has 2 rings (SSSR count). The summed E-state index contributed by atoms with van der Waals surface area (Å²) >= 11 is 0. The number of hydrogen-bond donors (Lipinski definition) is 0. The molecule has 2 aromatic heterocycles. The highest BCUT2D eigenvalue weighted by molar-refractivity contribution is 5.78. The second-order valence-electron chi connectivity index (χ2n) is 4.04. The van der Waals surface area contributed by atoms with Gasteiger partial charge in [-0.25, -0.2) is 4.98 Å². The Bertz CT molecular complexity index is 575. The molecule has 2 aromatic rings. The number of nitrogens with zero attached hydrogens (tertiary/aromatic N) is 2. The lowest BCUT2D eigenvalue weighted by Crippen LogP contribution is -2.18. The van der Waals surface area contributed by atoms with Gasteiger partial charge < -0.3 is 4.74 Å². The standard InChI is InChI=1S/C13H16N2O2/c1-15-12(16)9-10(5-4-8-17-2)11-6-3-7-14-13(11)15/h3,6-7,9H,4-5,8H2,1-2H3. The Hall–Kier alpha value is -1.68. The maximum Gasteiger partial charge on any atom is 0.252 e. The fourth-order valence-corrected chi connectivity index (χ4v) is 1.96. The van der Waals surface area contributed by atoms with Gasteiger partial charge >= 0.3 is 0 Å². The number of hydrogen-bond acceptors (Lipinski definition) is 3. The van der Waals surface area contributed by atoms with Gasteiger partial charge in [0.2, 0.25) is 0 Å². The predicted molar refractivity (Wildman–Crippen MR) is 67.2 cm³/mol. The maximum atomic E-state index is 11.8. The highest BCUT2D eigenvalue weighted by atomic mass is 16.5. The molecular formula is C13H16N2O2. The quantitative estimate of drug-likeness (QED) is 0.751. The van der Waals surface area contributed by atoms with Gasteiger partial charge in [-0.15, -0.1) is 0 Å². The highest BCUT2D eigenvalue weighted by Gasteiger charge is 2.06. The van der Waals surface area contributed by atoms with Crippen LogP contribution in [0.1, 0.15) is 12.0 Å². The first-order valence-corrected chi connectivity index (χ1v) is 5.66. The van der Waals surface area contributed by atoms with E-state index in [0.29, 0.717) is 6.61 Å². The second kappa shape index (κ2) is 5.10. The van der Waals surface area contributed by atoms with Gasteiger partial charge in [-0.1, -0.05) is 0 Å². The van der Waals surface area contributed by atoms with Crippen LogP contribution in [0.5, 0.6) is 0 Å². The lowest BCUT2D eigenvalue weighted by molar-refractivity contribution is 0.195. The first kappa shape index (κ1) is 11.8. The summed E-state index contributed by atoms with van der Waals surface area (Å²) in [6.07, 6.45) is 3.46. The number of methoxy groups -OCH3 is 1. The summed E-state index contributed by atoms with van der Waals surface area (Å²) in [4.78, 5) is 16.0. The summed E-state index contributed by atoms with van der Waals surface area (Å²) in [7, 11) is 3.43. The van der Waals surface area contributed by atoms with E-state index in [1.807, 2.05) is 12.1 Å². The monoisotopic (exact) mass is 232 g/mol. The molecule has 17 heavy (non-hydrogen) atoms. The van der Waals surface area contributed by atoms with Crippen LogP contribution < -0.4 is 5.56 Å². The zero-order valence-electron chi connectivity index (χ0n) is 10.1. The molecule has 0 fully saturated rings. The van der Waals surface area contributed by atoms with Gasteiger partial charge in [0, 0.05) is 38.4 Å². The summed E-state index contributed by atoms with van der Waals surface area (Å²) in [5.74, 6) is 0. The Morgan fingerprint density at radius 1 is 1.47 bits per heavy atom. The van der Waals surface area contributed by atoms with Gasteiger partial charge in [-0.2, -0.15) is 0 Å². The van der Waals surface area contributed by atoms with Crippen molar-refractivity contribution in [3.8, 4) is 0 Å². The number of pyridine rings is 2. The molecule has 0 spiro atoms. The van der Waals surface area contributed by atoms with E-state index in [4.69, 9.17) is 4.74 Å². The van der Waals surface area contributed by atoms with Crippen molar-refractivity contribution in [3.05, 3.63) is 40.3 Å². The van der Waals surface area contributed by atoms with Gasteiger partial charge in [0.05, 0.1) is 0 Å². The molecular weight excluding hydrogens is 216 g/mol. The van der Waals surface area contributed by atoms with Crippen molar-refractivity contribution >= 4 is 11.0 Å². The number of aryl methyl sites for hydroxylation is 2. The van der Waals surface area contributed by atoms with E-state index in [1.165, 1.54) is 0 Å². The van der Waals surface area contributed by atoms with E-state index in [0.717, 1.165) is 29.4 Å². The molecule has 0 saturated carbocycles. The number of aromatic nitrogens is 2. The van der Waals surface area contributed by atoms with Crippen LogP contribution in [0, 0.1) is 0 Å². The third-order valence-corrected chi connectivity index (χ3v) is 2.87. The van der Waals surface area contributed by atoms with Crippen molar-refractivity contribution in [2.45, 2.75) is 12.8 Å². The SMILES string of the molecule is COCCCc1cc(=O)n(C)c2ncccc12. The summed E-state index contributed by atoms with van der Waals surface area (Å²) in [6.45, 7) is 0.705. The highest BCUT2D eigenvalue weighted by Crippen LogP contribution is 2.15. The molecule has 0 aliphatic heterocycles. The molecule has 2 heterocycles. The van der Waals surface area contributed by atoms with Gasteiger partial charge in [0.25, 0.3) is 5.56 Å². The molecule has 0 amide bonds. The Balaban J connectivity index is 2.48. The minimum atomic E-state index is -0.0105. The number of rotatable bonds is 4. The van der Waals surface area contributed by atoms with Crippen molar-refractivity contribution in [1.29, 1.82) is 0 Å². The Morgan fingerprint density at radius 3 is 3.06 bits per heavy atom. The summed E-state index contributed by atoms with van der Waals surface area (Å²) in [6, 6.07) is 5.59. The molecule has 0 aliphatic rings. The molecule has 0 saturated heterocycles. The molecule has 4 heteroatoms. The third-order valence-electron chi connectivity index (χ3n) is 2.87. The zero-order chi connectivity index (χ0) is 12.3. The van der Waals surface area contributed by atoms with Crippen LogP contribution in [0.2, 0.25) is 0 Å². The van der Waals surface area contributed by atoms with Crippen LogP contribution in [0.25, 0.3) is 11.0 Å². The topological polar surface area (TPSA) is 44.1 Å². The largest absolute Gasteiger partial charge is 0.385 e. The van der Waals surface area contributed by atoms with Crippen LogP contribution in [0.15, 0.2) is 29.2 Å². The minimum absolute atomic E-state index is 0.0105. The average molecular weight is 232 g/mol. The summed E-state index contributed by atoms with van der Waals surface area (Å²) < 4.78 is 6.61. The van der Waals surface area contributed by atoms with E-state index >= 15 is 0 Å². The maximum absolute atomic E-state index is 11.8. The Morgan fingerprint density at radius 2 is 2.29 bits per heavy atom. The van der Waals surface area contributed by atoms with E-state index in [2.05, 4.69) is 4.98 Å². The van der Waals surface area contributed by atoms with E-state index in [-0.39, 0.29) is 5.56 Å². The molecule has 0 aliphatic carbocycles. The number of ether oxygens (including phenoxy) is 1. The van der Waals surface area contributed by atoms with Gasteiger partial charge in [-0.3, -0.25) is 9.36 Å². The molecule has 0 bridgehead atoms. The van der Waals surface area contributed by atoms with Crippen LogP contribution in [0.3, 0.4) is 0 Å². The van der Waals surface area contributed by atoms with E-state index in [9.17, 15) is 4.79 Å². The van der Waals surface area contributed by atoms with Crippen molar-refractivity contribution < 1.29 is 4.74 Å². The van der Waals surface area contributed by atoms with Crippen LogP contribution >= 0.6 is 0 Å². The third kappa shape index (κ3) is 2.36. The van der Waals surface area contributed by atoms with Gasteiger partial charge in [0.15, 0.2) is 0 Å².